The Morgan fingerprint density at radius 1 is 1.24 bits per heavy atom. The fraction of sp³-hybridized carbons (Fsp3) is 0.273. The molecule has 170 valence electrons. The van der Waals surface area contributed by atoms with Crippen molar-refractivity contribution in [3.8, 4) is 11.5 Å². The lowest BCUT2D eigenvalue weighted by molar-refractivity contribution is -0.116. The number of carbonyl (C=O) groups is 1. The highest BCUT2D eigenvalue weighted by atomic mass is 79.9. The van der Waals surface area contributed by atoms with Crippen LogP contribution in [0.15, 0.2) is 46.1 Å². The van der Waals surface area contributed by atoms with E-state index in [9.17, 15) is 4.79 Å². The summed E-state index contributed by atoms with van der Waals surface area (Å²) in [6, 6.07) is 8.52. The predicted molar refractivity (Wildman–Crippen MR) is 127 cm³/mol. The number of hydrogen-bond acceptors (Lipinski definition) is 7. The molecule has 0 spiro atoms. The molecule has 0 radical (unpaired) electrons. The van der Waals surface area contributed by atoms with Gasteiger partial charge in [0, 0.05) is 33.3 Å². The number of rotatable bonds is 5. The van der Waals surface area contributed by atoms with Gasteiger partial charge in [-0.3, -0.25) is 4.79 Å². The maximum absolute atomic E-state index is 12.9. The summed E-state index contributed by atoms with van der Waals surface area (Å²) in [5.74, 6) is 1.61. The van der Waals surface area contributed by atoms with Gasteiger partial charge in [0.05, 0.1) is 11.6 Å². The van der Waals surface area contributed by atoms with Crippen LogP contribution in [-0.2, 0) is 11.4 Å². The van der Waals surface area contributed by atoms with Gasteiger partial charge in [0.25, 0.3) is 0 Å². The van der Waals surface area contributed by atoms with Crippen LogP contribution in [0.2, 0.25) is 10.0 Å². The lowest BCUT2D eigenvalue weighted by Crippen LogP contribution is -2.31. The molecular weight excluding hydrogens is 533 g/mol. The van der Waals surface area contributed by atoms with Crippen molar-refractivity contribution in [3.05, 3.63) is 67.2 Å². The summed E-state index contributed by atoms with van der Waals surface area (Å²) in [5.41, 5.74) is 3.13. The van der Waals surface area contributed by atoms with E-state index in [1.807, 2.05) is 18.2 Å². The van der Waals surface area contributed by atoms with Gasteiger partial charge in [-0.05, 0) is 69.0 Å². The number of ether oxygens (including phenoxy) is 2. The van der Waals surface area contributed by atoms with Crippen LogP contribution in [0.1, 0.15) is 36.4 Å². The van der Waals surface area contributed by atoms with Crippen LogP contribution in [0.25, 0.3) is 0 Å². The van der Waals surface area contributed by atoms with Gasteiger partial charge in [0.15, 0.2) is 17.3 Å². The molecule has 0 saturated carbocycles. The molecule has 1 N–H and O–H groups in total. The van der Waals surface area contributed by atoms with Crippen molar-refractivity contribution in [1.29, 1.82) is 0 Å². The van der Waals surface area contributed by atoms with Gasteiger partial charge in [0.2, 0.25) is 5.95 Å². The van der Waals surface area contributed by atoms with Gasteiger partial charge in [0.1, 0.15) is 12.6 Å². The maximum atomic E-state index is 12.9. The summed E-state index contributed by atoms with van der Waals surface area (Å²) in [7, 11) is 1.56. The Morgan fingerprint density at radius 3 is 2.88 bits per heavy atom. The zero-order chi connectivity index (χ0) is 23.1. The van der Waals surface area contributed by atoms with Crippen molar-refractivity contribution >= 4 is 50.9 Å². The summed E-state index contributed by atoms with van der Waals surface area (Å²) >= 11 is 15.9. The molecule has 1 aliphatic heterocycles. The number of allylic oxidation sites excluding steroid dienone is 2. The first-order valence-corrected chi connectivity index (χ1v) is 11.8. The third-order valence-electron chi connectivity index (χ3n) is 5.68. The number of tetrazole rings is 1. The van der Waals surface area contributed by atoms with Crippen LogP contribution in [0.3, 0.4) is 0 Å². The van der Waals surface area contributed by atoms with Crippen molar-refractivity contribution < 1.29 is 14.3 Å². The number of Topliss-reactive ketones (excluding diaryl/α,β-unsaturated/α-hetero) is 1. The Morgan fingerprint density at radius 2 is 2.09 bits per heavy atom. The number of nitrogens with one attached hydrogen (secondary N) is 1. The minimum atomic E-state index is -0.469. The van der Waals surface area contributed by atoms with E-state index in [1.54, 1.807) is 23.9 Å². The Labute approximate surface area is 208 Å². The van der Waals surface area contributed by atoms with Crippen LogP contribution < -0.4 is 14.8 Å². The molecule has 1 aromatic heterocycles. The second-order valence-electron chi connectivity index (χ2n) is 7.70. The molecule has 1 unspecified atom stereocenters. The summed E-state index contributed by atoms with van der Waals surface area (Å²) in [4.78, 5) is 12.9. The smallest absolute Gasteiger partial charge is 0.248 e. The molecule has 11 heteroatoms. The van der Waals surface area contributed by atoms with Crippen LogP contribution >= 0.6 is 39.1 Å². The minimum absolute atomic E-state index is 0.0858. The number of benzene rings is 2. The number of fused-ring (bicyclic) bond motifs is 1. The Balaban J connectivity index is 1.53. The van der Waals surface area contributed by atoms with Gasteiger partial charge in [-0.15, -0.1) is 0 Å². The Hall–Kier alpha value is -2.62. The number of nitrogens with zero attached hydrogens (tertiary/aromatic N) is 4. The molecule has 0 bridgehead atoms. The highest BCUT2D eigenvalue weighted by molar-refractivity contribution is 9.10. The molecule has 0 fully saturated rings. The third kappa shape index (κ3) is 4.09. The second-order valence-corrected chi connectivity index (χ2v) is 9.40. The Bertz CT molecular complexity index is 1290. The second kappa shape index (κ2) is 8.96. The number of aromatic nitrogens is 4. The molecule has 33 heavy (non-hydrogen) atoms. The fourth-order valence-corrected chi connectivity index (χ4v) is 5.19. The van der Waals surface area contributed by atoms with E-state index in [1.165, 1.54) is 0 Å². The van der Waals surface area contributed by atoms with Crippen molar-refractivity contribution in [1.82, 2.24) is 20.2 Å². The van der Waals surface area contributed by atoms with E-state index in [0.717, 1.165) is 29.7 Å². The predicted octanol–water partition coefficient (Wildman–Crippen LogP) is 5.35. The highest BCUT2D eigenvalue weighted by Gasteiger charge is 2.37. The fourth-order valence-electron chi connectivity index (χ4n) is 4.15. The molecule has 2 aromatic carbocycles. The summed E-state index contributed by atoms with van der Waals surface area (Å²) in [5, 5.41) is 16.3. The summed E-state index contributed by atoms with van der Waals surface area (Å²) in [6.45, 7) is 0.225. The van der Waals surface area contributed by atoms with Gasteiger partial charge >= 0.3 is 0 Å². The van der Waals surface area contributed by atoms with Crippen LogP contribution in [0.5, 0.6) is 11.5 Å². The number of ketones is 1. The van der Waals surface area contributed by atoms with Gasteiger partial charge < -0.3 is 14.8 Å². The van der Waals surface area contributed by atoms with Crippen molar-refractivity contribution in [2.24, 2.45) is 0 Å². The van der Waals surface area contributed by atoms with Gasteiger partial charge in [-0.2, -0.15) is 4.68 Å². The Kier molecular flexibility index (Phi) is 6.03. The third-order valence-corrected chi connectivity index (χ3v) is 6.86. The summed E-state index contributed by atoms with van der Waals surface area (Å²) in [6.07, 6.45) is 2.06. The van der Waals surface area contributed by atoms with E-state index < -0.39 is 6.04 Å². The van der Waals surface area contributed by atoms with Crippen LogP contribution in [0.4, 0.5) is 5.95 Å². The maximum Gasteiger partial charge on any atom is 0.248 e. The zero-order valence-corrected chi connectivity index (χ0v) is 20.5. The monoisotopic (exact) mass is 549 g/mol. The molecule has 0 amide bonds. The lowest BCUT2D eigenvalue weighted by Gasteiger charge is -2.32. The number of anilines is 1. The van der Waals surface area contributed by atoms with Gasteiger partial charge in [-0.1, -0.05) is 34.4 Å². The normalized spacial score (nSPS) is 17.3. The summed E-state index contributed by atoms with van der Waals surface area (Å²) < 4.78 is 14.0. The number of hydrogen-bond donors (Lipinski definition) is 1. The first-order chi connectivity index (χ1) is 16.0. The molecule has 2 aliphatic rings. The minimum Gasteiger partial charge on any atom is -0.493 e. The highest BCUT2D eigenvalue weighted by Crippen LogP contribution is 2.44. The first kappa shape index (κ1) is 22.2. The van der Waals surface area contributed by atoms with Crippen molar-refractivity contribution in [2.45, 2.75) is 31.9 Å². The average Bonchev–Trinajstić information content (AvgIpc) is 3.26. The molecule has 3 aromatic rings. The van der Waals surface area contributed by atoms with E-state index in [0.29, 0.717) is 44.0 Å². The number of methoxy groups -OCH3 is 1. The average molecular weight is 551 g/mol. The van der Waals surface area contributed by atoms with E-state index in [-0.39, 0.29) is 12.4 Å². The van der Waals surface area contributed by atoms with Crippen molar-refractivity contribution in [2.75, 3.05) is 12.4 Å². The molecule has 5 rings (SSSR count). The zero-order valence-electron chi connectivity index (χ0n) is 17.4. The van der Waals surface area contributed by atoms with Crippen LogP contribution in [0, 0.1) is 0 Å². The molecular formula is C22H18BrCl2N5O3. The molecule has 8 nitrogen and oxygen atoms in total. The quantitative estimate of drug-likeness (QED) is 0.457. The standard InChI is InChI=1S/C22H18BrCl2N5O3/c1-32-18-8-12(7-14(23)21(18)33-10-11-5-6-13(24)9-15(11)25)20-19-16(3-2-4-17(19)31)26-22-27-28-29-30(20)22/h5-9,20H,2-4,10H2,1H3,(H,26,27,29). The largest absolute Gasteiger partial charge is 0.493 e. The number of carbonyl (C=O) groups excluding carboxylic acids is 1. The van der Waals surface area contributed by atoms with E-state index in [2.05, 4.69) is 36.8 Å². The topological polar surface area (TPSA) is 91.2 Å². The molecule has 2 heterocycles. The van der Waals surface area contributed by atoms with E-state index >= 15 is 0 Å². The van der Waals surface area contributed by atoms with E-state index in [4.69, 9.17) is 32.7 Å². The van der Waals surface area contributed by atoms with Crippen LogP contribution in [-0.4, -0.2) is 33.1 Å². The number of halogens is 3. The van der Waals surface area contributed by atoms with Gasteiger partial charge in [-0.25, -0.2) is 0 Å². The molecule has 0 saturated heterocycles. The first-order valence-electron chi connectivity index (χ1n) is 10.2. The SMILES string of the molecule is COc1cc(C2C3=C(CCCC3=O)Nc3nnnn32)cc(Br)c1OCc1ccc(Cl)cc1Cl. The molecule has 1 atom stereocenters. The van der Waals surface area contributed by atoms with Crippen molar-refractivity contribution in [3.63, 3.8) is 0 Å². The molecule has 1 aliphatic carbocycles. The lowest BCUT2D eigenvalue weighted by atomic mass is 9.85.